The number of fused-ring (bicyclic) bond motifs is 1. The summed E-state index contributed by atoms with van der Waals surface area (Å²) in [7, 11) is 0. The van der Waals surface area contributed by atoms with Crippen LogP contribution in [0.25, 0.3) is 0 Å². The van der Waals surface area contributed by atoms with Crippen LogP contribution in [-0.2, 0) is 6.42 Å². The van der Waals surface area contributed by atoms with Crippen molar-refractivity contribution in [2.24, 2.45) is 10.7 Å². The lowest BCUT2D eigenvalue weighted by Crippen LogP contribution is -2.55. The number of hydrogen-bond acceptors (Lipinski definition) is 7. The molecule has 4 rings (SSSR count). The van der Waals surface area contributed by atoms with Crippen LogP contribution in [-0.4, -0.2) is 49.4 Å². The number of guanidine groups is 1. The molecule has 1 fully saturated rings. The Morgan fingerprint density at radius 3 is 2.96 bits per heavy atom. The molecule has 152 valence electrons. The summed E-state index contributed by atoms with van der Waals surface area (Å²) >= 11 is 0. The quantitative estimate of drug-likeness (QED) is 0.653. The molecule has 7 nitrogen and oxygen atoms in total. The first-order valence-corrected chi connectivity index (χ1v) is 10.3. The summed E-state index contributed by atoms with van der Waals surface area (Å²) in [6.45, 7) is 8.80. The summed E-state index contributed by atoms with van der Waals surface area (Å²) in [5.41, 5.74) is 8.56. The van der Waals surface area contributed by atoms with Crippen molar-refractivity contribution in [3.8, 4) is 11.5 Å². The Kier molecular flexibility index (Phi) is 5.46. The van der Waals surface area contributed by atoms with E-state index in [0.717, 1.165) is 42.3 Å². The van der Waals surface area contributed by atoms with Gasteiger partial charge in [0, 0.05) is 36.0 Å². The largest absolute Gasteiger partial charge is 0.490 e. The number of rotatable bonds is 6. The predicted molar refractivity (Wildman–Crippen MR) is 112 cm³/mol. The Morgan fingerprint density at radius 1 is 1.36 bits per heavy atom. The van der Waals surface area contributed by atoms with Gasteiger partial charge < -0.3 is 30.7 Å². The highest BCUT2D eigenvalue weighted by atomic mass is 16.5. The number of nitrogens with one attached hydrogen (secondary N) is 2. The Bertz CT molecular complexity index is 781. The Morgan fingerprint density at radius 2 is 2.18 bits per heavy atom. The minimum Gasteiger partial charge on any atom is -0.490 e. The monoisotopic (exact) mass is 385 g/mol. The number of hydrogen-bond donors (Lipinski definition) is 3. The van der Waals surface area contributed by atoms with Gasteiger partial charge in [0.15, 0.2) is 11.5 Å². The zero-order valence-electron chi connectivity index (χ0n) is 16.9. The number of allylic oxidation sites excluding steroid dienone is 1. The fourth-order valence-electron chi connectivity index (χ4n) is 4.09. The molecule has 3 heterocycles. The van der Waals surface area contributed by atoms with Crippen LogP contribution < -0.4 is 25.8 Å². The average Bonchev–Trinajstić information content (AvgIpc) is 3.28. The smallest absolute Gasteiger partial charge is 0.202 e. The van der Waals surface area contributed by atoms with Gasteiger partial charge in [-0.05, 0) is 58.3 Å². The molecule has 3 aliphatic heterocycles. The first kappa shape index (κ1) is 19.1. The van der Waals surface area contributed by atoms with E-state index in [4.69, 9.17) is 15.2 Å². The molecule has 1 unspecified atom stereocenters. The van der Waals surface area contributed by atoms with Crippen molar-refractivity contribution < 1.29 is 9.47 Å². The second-order valence-corrected chi connectivity index (χ2v) is 8.09. The van der Waals surface area contributed by atoms with Crippen molar-refractivity contribution in [1.29, 1.82) is 0 Å². The molecule has 0 spiro atoms. The maximum Gasteiger partial charge on any atom is 0.202 e. The number of likely N-dealkylation sites (tertiary alicyclic amines) is 1. The molecular weight excluding hydrogens is 354 g/mol. The number of ether oxygens (including phenoxy) is 2. The predicted octanol–water partition coefficient (Wildman–Crippen LogP) is 2.44. The van der Waals surface area contributed by atoms with Crippen molar-refractivity contribution in [3.05, 3.63) is 29.5 Å². The van der Waals surface area contributed by atoms with E-state index in [1.54, 1.807) is 0 Å². The van der Waals surface area contributed by atoms with Gasteiger partial charge in [-0.2, -0.15) is 0 Å². The van der Waals surface area contributed by atoms with Crippen LogP contribution in [0.15, 0.2) is 28.9 Å². The zero-order valence-corrected chi connectivity index (χ0v) is 16.9. The molecule has 0 radical (unpaired) electrons. The second kappa shape index (κ2) is 8.01. The third-order valence-electron chi connectivity index (χ3n) is 5.27. The minimum absolute atomic E-state index is 0.622. The van der Waals surface area contributed by atoms with Gasteiger partial charge >= 0.3 is 0 Å². The van der Waals surface area contributed by atoms with Crippen LogP contribution in [0.1, 0.15) is 38.7 Å². The highest BCUT2D eigenvalue weighted by Gasteiger charge is 2.23. The summed E-state index contributed by atoms with van der Waals surface area (Å²) < 4.78 is 11.9. The molecule has 4 N–H and O–H groups in total. The molecule has 0 aromatic heterocycles. The fraction of sp³-hybridized carbons (Fsp3) is 0.571. The maximum atomic E-state index is 6.21. The summed E-state index contributed by atoms with van der Waals surface area (Å²) in [6.07, 6.45) is 6.47. The second-order valence-electron chi connectivity index (χ2n) is 8.09. The normalized spacial score (nSPS) is 24.1. The summed E-state index contributed by atoms with van der Waals surface area (Å²) in [6, 6.07) is 4.09. The van der Waals surface area contributed by atoms with Crippen LogP contribution in [0.2, 0.25) is 0 Å². The van der Waals surface area contributed by atoms with Gasteiger partial charge in [-0.1, -0.05) is 0 Å². The number of nitrogens with zero attached hydrogens (tertiary/aromatic N) is 2. The van der Waals surface area contributed by atoms with Crippen molar-refractivity contribution in [2.45, 2.75) is 45.2 Å². The standard InChI is InChI=1S/C21H31N5O2/c1-15-14-21(2,22)25-20(23-15)24-17-12-16-6-11-28-19(16)18(13-17)27-10-5-9-26-7-3-4-8-26/h12-14H,3-11,22H2,1-2H3,(H2,23,24,25). The third-order valence-corrected chi connectivity index (χ3v) is 5.27. The lowest BCUT2D eigenvalue weighted by Gasteiger charge is -2.29. The molecule has 1 atom stereocenters. The first-order chi connectivity index (χ1) is 13.5. The van der Waals surface area contributed by atoms with Crippen molar-refractivity contribution in [3.63, 3.8) is 0 Å². The van der Waals surface area contributed by atoms with E-state index in [1.165, 1.54) is 31.5 Å². The Balaban J connectivity index is 1.42. The molecule has 28 heavy (non-hydrogen) atoms. The summed E-state index contributed by atoms with van der Waals surface area (Å²) in [4.78, 5) is 7.02. The lowest BCUT2D eigenvalue weighted by molar-refractivity contribution is 0.251. The van der Waals surface area contributed by atoms with Crippen LogP contribution in [0.4, 0.5) is 5.69 Å². The van der Waals surface area contributed by atoms with Crippen LogP contribution in [0.5, 0.6) is 11.5 Å². The van der Waals surface area contributed by atoms with Crippen molar-refractivity contribution in [2.75, 3.05) is 38.2 Å². The number of benzene rings is 1. The van der Waals surface area contributed by atoms with E-state index in [-0.39, 0.29) is 0 Å². The molecule has 1 aromatic carbocycles. The van der Waals surface area contributed by atoms with Gasteiger partial charge in [-0.15, -0.1) is 0 Å². The van der Waals surface area contributed by atoms with Gasteiger partial charge in [0.2, 0.25) is 5.96 Å². The van der Waals surface area contributed by atoms with Gasteiger partial charge in [0.05, 0.1) is 13.2 Å². The Labute approximate surface area is 167 Å². The highest BCUT2D eigenvalue weighted by Crippen LogP contribution is 2.38. The molecule has 0 amide bonds. The molecule has 3 aliphatic rings. The van der Waals surface area contributed by atoms with E-state index in [2.05, 4.69) is 26.6 Å². The van der Waals surface area contributed by atoms with Crippen molar-refractivity contribution in [1.82, 2.24) is 10.2 Å². The molecule has 7 heteroatoms. The molecule has 0 aliphatic carbocycles. The Hall–Kier alpha value is -2.25. The van der Waals surface area contributed by atoms with Gasteiger partial charge in [-0.3, -0.25) is 0 Å². The maximum absolute atomic E-state index is 6.21. The van der Waals surface area contributed by atoms with E-state index in [0.29, 0.717) is 19.2 Å². The topological polar surface area (TPSA) is 84.1 Å². The summed E-state index contributed by atoms with van der Waals surface area (Å²) in [5.74, 6) is 2.33. The number of anilines is 1. The zero-order chi connectivity index (χ0) is 19.6. The minimum atomic E-state index is -0.622. The third kappa shape index (κ3) is 4.59. The van der Waals surface area contributed by atoms with Crippen molar-refractivity contribution >= 4 is 11.6 Å². The van der Waals surface area contributed by atoms with E-state index in [9.17, 15) is 0 Å². The number of aliphatic imine (C=N–C) groups is 1. The van der Waals surface area contributed by atoms with Crippen LogP contribution >= 0.6 is 0 Å². The van der Waals surface area contributed by atoms with E-state index in [1.807, 2.05) is 26.0 Å². The number of nitrogens with two attached hydrogens (primary N) is 1. The highest BCUT2D eigenvalue weighted by molar-refractivity contribution is 5.96. The van der Waals surface area contributed by atoms with E-state index < -0.39 is 5.66 Å². The first-order valence-electron chi connectivity index (χ1n) is 10.3. The summed E-state index contributed by atoms with van der Waals surface area (Å²) in [5, 5.41) is 6.55. The van der Waals surface area contributed by atoms with Crippen LogP contribution in [0.3, 0.4) is 0 Å². The van der Waals surface area contributed by atoms with Crippen LogP contribution in [0, 0.1) is 0 Å². The lowest BCUT2D eigenvalue weighted by atomic mass is 10.1. The van der Waals surface area contributed by atoms with Gasteiger partial charge in [0.25, 0.3) is 0 Å². The average molecular weight is 386 g/mol. The molecular formula is C21H31N5O2. The SMILES string of the molecule is CC1=CC(C)(N)NC(Nc2cc3c(c(OCCCN4CCCC4)c2)OCC3)=N1. The molecule has 0 bridgehead atoms. The molecule has 1 saturated heterocycles. The van der Waals surface area contributed by atoms with E-state index >= 15 is 0 Å². The van der Waals surface area contributed by atoms with Gasteiger partial charge in [-0.25, -0.2) is 4.99 Å². The molecule has 1 aromatic rings. The molecule has 0 saturated carbocycles. The fourth-order valence-corrected chi connectivity index (χ4v) is 4.09. The van der Waals surface area contributed by atoms with Gasteiger partial charge in [0.1, 0.15) is 5.66 Å².